The first-order valence-corrected chi connectivity index (χ1v) is 6.32. The van der Waals surface area contributed by atoms with Crippen LogP contribution in [0.2, 0.25) is 0 Å². The van der Waals surface area contributed by atoms with Gasteiger partial charge in [-0.1, -0.05) is 18.2 Å². The van der Waals surface area contributed by atoms with Crippen LogP contribution in [-0.4, -0.2) is 26.8 Å². The van der Waals surface area contributed by atoms with Crippen LogP contribution < -0.4 is 5.32 Å². The number of rotatable bonds is 5. The molecule has 0 atom stereocenters. The summed E-state index contributed by atoms with van der Waals surface area (Å²) in [5, 5.41) is 15.3. The number of aryl methyl sites for hydroxylation is 1. The minimum Gasteiger partial charge on any atom is -0.478 e. The first kappa shape index (κ1) is 14.5. The Morgan fingerprint density at radius 3 is 2.86 bits per heavy atom. The maximum absolute atomic E-state index is 11.9. The van der Waals surface area contributed by atoms with Crippen molar-refractivity contribution < 1.29 is 14.7 Å². The fraction of sp³-hybridized carbons (Fsp3) is 0.133. The number of amides is 1. The monoisotopic (exact) mass is 285 g/mol. The highest BCUT2D eigenvalue weighted by molar-refractivity contribution is 5.92. The first-order valence-electron chi connectivity index (χ1n) is 6.32. The zero-order valence-electron chi connectivity index (χ0n) is 11.5. The van der Waals surface area contributed by atoms with Crippen LogP contribution in [0.15, 0.2) is 42.6 Å². The maximum atomic E-state index is 11.9. The molecule has 1 amide bonds. The fourth-order valence-electron chi connectivity index (χ4n) is 1.84. The summed E-state index contributed by atoms with van der Waals surface area (Å²) in [7, 11) is 1.70. The second-order valence-electron chi connectivity index (χ2n) is 4.44. The van der Waals surface area contributed by atoms with Gasteiger partial charge in [0.25, 0.3) is 5.91 Å². The van der Waals surface area contributed by atoms with E-state index < -0.39 is 5.97 Å². The van der Waals surface area contributed by atoms with Gasteiger partial charge in [-0.25, -0.2) is 4.79 Å². The molecule has 2 N–H and O–H groups in total. The van der Waals surface area contributed by atoms with E-state index in [4.69, 9.17) is 5.11 Å². The summed E-state index contributed by atoms with van der Waals surface area (Å²) < 4.78 is 1.50. The lowest BCUT2D eigenvalue weighted by Gasteiger charge is -2.06. The Hall–Kier alpha value is -2.89. The summed E-state index contributed by atoms with van der Waals surface area (Å²) in [6, 6.07) is 8.94. The minimum absolute atomic E-state index is 0.207. The summed E-state index contributed by atoms with van der Waals surface area (Å²) in [4.78, 5) is 22.4. The minimum atomic E-state index is -0.995. The van der Waals surface area contributed by atoms with Crippen LogP contribution in [0.3, 0.4) is 0 Å². The third-order valence-corrected chi connectivity index (χ3v) is 2.88. The van der Waals surface area contributed by atoms with Gasteiger partial charge in [0.15, 0.2) is 0 Å². The van der Waals surface area contributed by atoms with Crippen molar-refractivity contribution in [2.75, 3.05) is 0 Å². The van der Waals surface area contributed by atoms with Crippen LogP contribution in [-0.2, 0) is 18.4 Å². The Kier molecular flexibility index (Phi) is 4.50. The van der Waals surface area contributed by atoms with Crippen molar-refractivity contribution in [3.63, 3.8) is 0 Å². The van der Waals surface area contributed by atoms with Crippen molar-refractivity contribution in [3.8, 4) is 0 Å². The summed E-state index contributed by atoms with van der Waals surface area (Å²) in [5.41, 5.74) is 2.14. The van der Waals surface area contributed by atoms with Crippen LogP contribution in [0.1, 0.15) is 21.6 Å². The molecule has 0 spiro atoms. The number of hydrogen-bond acceptors (Lipinski definition) is 3. The number of benzene rings is 1. The van der Waals surface area contributed by atoms with Crippen molar-refractivity contribution in [1.29, 1.82) is 0 Å². The average molecular weight is 285 g/mol. The molecule has 1 heterocycles. The SMILES string of the molecule is Cn1nccc1C(=O)NCc1cccc(C=CC(=O)O)c1. The van der Waals surface area contributed by atoms with Gasteiger partial charge < -0.3 is 10.4 Å². The third-order valence-electron chi connectivity index (χ3n) is 2.88. The van der Waals surface area contributed by atoms with Crippen molar-refractivity contribution in [1.82, 2.24) is 15.1 Å². The van der Waals surface area contributed by atoms with E-state index in [1.54, 1.807) is 25.4 Å². The van der Waals surface area contributed by atoms with Gasteiger partial charge in [0.1, 0.15) is 5.69 Å². The topological polar surface area (TPSA) is 84.2 Å². The number of carboxylic acid groups (broad SMARTS) is 1. The highest BCUT2D eigenvalue weighted by Crippen LogP contribution is 2.07. The molecule has 0 aliphatic heterocycles. The molecule has 1 aromatic heterocycles. The van der Waals surface area contributed by atoms with E-state index >= 15 is 0 Å². The zero-order chi connectivity index (χ0) is 15.2. The van der Waals surface area contributed by atoms with Gasteiger partial charge in [-0.3, -0.25) is 9.48 Å². The van der Waals surface area contributed by atoms with Gasteiger partial charge in [0, 0.05) is 25.9 Å². The molecule has 0 aliphatic rings. The number of nitrogens with zero attached hydrogens (tertiary/aromatic N) is 2. The molecule has 0 fully saturated rings. The van der Waals surface area contributed by atoms with Crippen LogP contribution in [0.5, 0.6) is 0 Å². The quantitative estimate of drug-likeness (QED) is 0.814. The van der Waals surface area contributed by atoms with Crippen molar-refractivity contribution in [3.05, 3.63) is 59.4 Å². The number of carboxylic acids is 1. The van der Waals surface area contributed by atoms with Crippen molar-refractivity contribution in [2.24, 2.45) is 7.05 Å². The normalized spacial score (nSPS) is 10.7. The molecule has 21 heavy (non-hydrogen) atoms. The van der Waals surface area contributed by atoms with E-state index in [0.717, 1.165) is 17.2 Å². The first-order chi connectivity index (χ1) is 10.1. The van der Waals surface area contributed by atoms with E-state index in [0.29, 0.717) is 12.2 Å². The van der Waals surface area contributed by atoms with E-state index in [2.05, 4.69) is 10.4 Å². The van der Waals surface area contributed by atoms with Gasteiger partial charge in [-0.05, 0) is 29.3 Å². The molecule has 0 saturated carbocycles. The number of carbonyl (C=O) groups excluding carboxylic acids is 1. The van der Waals surface area contributed by atoms with Crippen LogP contribution in [0, 0.1) is 0 Å². The molecule has 0 radical (unpaired) electrons. The number of aromatic nitrogens is 2. The summed E-state index contributed by atoms with van der Waals surface area (Å²) in [5.74, 6) is -1.20. The lowest BCUT2D eigenvalue weighted by atomic mass is 10.1. The molecule has 6 heteroatoms. The van der Waals surface area contributed by atoms with Crippen LogP contribution >= 0.6 is 0 Å². The molecule has 2 aromatic rings. The molecule has 1 aromatic carbocycles. The average Bonchev–Trinajstić information content (AvgIpc) is 2.89. The lowest BCUT2D eigenvalue weighted by molar-refractivity contribution is -0.131. The van der Waals surface area contributed by atoms with Gasteiger partial charge >= 0.3 is 5.97 Å². The van der Waals surface area contributed by atoms with E-state index in [1.807, 2.05) is 18.2 Å². The van der Waals surface area contributed by atoms with Crippen LogP contribution in [0.25, 0.3) is 6.08 Å². The molecule has 2 rings (SSSR count). The van der Waals surface area contributed by atoms with E-state index in [1.165, 1.54) is 10.8 Å². The maximum Gasteiger partial charge on any atom is 0.328 e. The smallest absolute Gasteiger partial charge is 0.328 e. The summed E-state index contributed by atoms with van der Waals surface area (Å²) >= 11 is 0. The number of carbonyl (C=O) groups is 2. The second kappa shape index (κ2) is 6.51. The Morgan fingerprint density at radius 2 is 2.19 bits per heavy atom. The van der Waals surface area contributed by atoms with E-state index in [9.17, 15) is 9.59 Å². The van der Waals surface area contributed by atoms with E-state index in [-0.39, 0.29) is 5.91 Å². The molecule has 0 aliphatic carbocycles. The van der Waals surface area contributed by atoms with Gasteiger partial charge in [-0.15, -0.1) is 0 Å². The number of hydrogen-bond donors (Lipinski definition) is 2. The Bertz CT molecular complexity index is 689. The number of aliphatic carboxylic acids is 1. The van der Waals surface area contributed by atoms with Crippen LogP contribution in [0.4, 0.5) is 0 Å². The molecule has 108 valence electrons. The number of nitrogens with one attached hydrogen (secondary N) is 1. The summed E-state index contributed by atoms with van der Waals surface area (Å²) in [6.07, 6.45) is 4.15. The van der Waals surface area contributed by atoms with Gasteiger partial charge in [-0.2, -0.15) is 5.10 Å². The molecule has 0 bridgehead atoms. The highest BCUT2D eigenvalue weighted by atomic mass is 16.4. The zero-order valence-corrected chi connectivity index (χ0v) is 11.5. The second-order valence-corrected chi connectivity index (χ2v) is 4.44. The molecular formula is C15H15N3O3. The predicted molar refractivity (Wildman–Crippen MR) is 77.5 cm³/mol. The van der Waals surface area contributed by atoms with Gasteiger partial charge in [0.05, 0.1) is 0 Å². The molecule has 0 unspecified atom stereocenters. The molecule has 0 saturated heterocycles. The Morgan fingerprint density at radius 1 is 1.38 bits per heavy atom. The largest absolute Gasteiger partial charge is 0.478 e. The molecule has 6 nitrogen and oxygen atoms in total. The fourth-order valence-corrected chi connectivity index (χ4v) is 1.84. The van der Waals surface area contributed by atoms with Crippen molar-refractivity contribution in [2.45, 2.75) is 6.54 Å². The predicted octanol–water partition coefficient (Wildman–Crippen LogP) is 1.45. The Balaban J connectivity index is 2.00. The molecular weight excluding hydrogens is 270 g/mol. The highest BCUT2D eigenvalue weighted by Gasteiger charge is 2.08. The summed E-state index contributed by atoms with van der Waals surface area (Å²) in [6.45, 7) is 0.360. The lowest BCUT2D eigenvalue weighted by Crippen LogP contribution is -2.25. The van der Waals surface area contributed by atoms with Crippen molar-refractivity contribution >= 4 is 18.0 Å². The third kappa shape index (κ3) is 4.04. The standard InChI is InChI=1S/C15H15N3O3/c1-18-13(7-8-17-18)15(21)16-10-12-4-2-3-11(9-12)5-6-14(19)20/h2-9H,10H2,1H3,(H,16,21)(H,19,20). The Labute approximate surface area is 121 Å². The van der Waals surface area contributed by atoms with Gasteiger partial charge in [0.2, 0.25) is 0 Å².